The van der Waals surface area contributed by atoms with Crippen molar-refractivity contribution in [2.24, 2.45) is 5.92 Å². The summed E-state index contributed by atoms with van der Waals surface area (Å²) in [6, 6.07) is 1.92. The van der Waals surface area contributed by atoms with Crippen molar-refractivity contribution in [1.29, 1.82) is 0 Å². The maximum Gasteiger partial charge on any atom is 0.330 e. The number of amides is 3. The topological polar surface area (TPSA) is 162 Å². The summed E-state index contributed by atoms with van der Waals surface area (Å²) >= 11 is 0. The SMILES string of the molecule is COC(=O)/C=C/CCC(NC(=O)c1cnc(C(C)C)o1)C(=O)Nc1cccn(CC(=O)NC23CCC(C2)C3)c1=O. The van der Waals surface area contributed by atoms with Gasteiger partial charge in [0, 0.05) is 23.7 Å². The van der Waals surface area contributed by atoms with Crippen LogP contribution >= 0.6 is 0 Å². The number of rotatable bonds is 12. The van der Waals surface area contributed by atoms with Crippen molar-refractivity contribution in [3.05, 3.63) is 58.7 Å². The third-order valence-electron chi connectivity index (χ3n) is 7.33. The van der Waals surface area contributed by atoms with Gasteiger partial charge in [-0.25, -0.2) is 9.78 Å². The van der Waals surface area contributed by atoms with Crippen LogP contribution in [0, 0.1) is 5.92 Å². The molecule has 3 N–H and O–H groups in total. The highest BCUT2D eigenvalue weighted by Gasteiger charge is 2.50. The van der Waals surface area contributed by atoms with Gasteiger partial charge in [0.15, 0.2) is 5.89 Å². The number of nitrogens with zero attached hydrogens (tertiary/aromatic N) is 2. The van der Waals surface area contributed by atoms with Gasteiger partial charge in [-0.1, -0.05) is 19.9 Å². The molecule has 0 aliphatic heterocycles. The Kier molecular flexibility index (Phi) is 8.86. The predicted molar refractivity (Wildman–Crippen MR) is 144 cm³/mol. The second kappa shape index (κ2) is 12.3. The van der Waals surface area contributed by atoms with Gasteiger partial charge >= 0.3 is 5.97 Å². The van der Waals surface area contributed by atoms with Gasteiger partial charge in [-0.15, -0.1) is 0 Å². The monoisotopic (exact) mass is 553 g/mol. The zero-order chi connectivity index (χ0) is 28.9. The molecule has 2 heterocycles. The minimum atomic E-state index is -1.08. The normalized spacial score (nSPS) is 20.1. The van der Waals surface area contributed by atoms with Gasteiger partial charge in [-0.3, -0.25) is 19.2 Å². The number of oxazole rings is 1. The smallest absolute Gasteiger partial charge is 0.330 e. The molecule has 0 radical (unpaired) electrons. The molecule has 12 heteroatoms. The molecule has 2 aromatic heterocycles. The first-order valence-electron chi connectivity index (χ1n) is 13.4. The zero-order valence-electron chi connectivity index (χ0n) is 22.9. The maximum absolute atomic E-state index is 13.2. The van der Waals surface area contributed by atoms with E-state index < -0.39 is 29.4 Å². The number of hydrogen-bond acceptors (Lipinski definition) is 8. The minimum absolute atomic E-state index is 0.0325. The predicted octanol–water partition coefficient (Wildman–Crippen LogP) is 2.26. The highest BCUT2D eigenvalue weighted by Crippen LogP contribution is 2.51. The third kappa shape index (κ3) is 6.85. The van der Waals surface area contributed by atoms with Crippen LogP contribution < -0.4 is 21.5 Å². The summed E-state index contributed by atoms with van der Waals surface area (Å²) < 4.78 is 11.3. The summed E-state index contributed by atoms with van der Waals surface area (Å²) in [5, 5.41) is 8.26. The molecule has 2 bridgehead atoms. The molecule has 1 atom stereocenters. The van der Waals surface area contributed by atoms with E-state index in [0.717, 1.165) is 25.7 Å². The van der Waals surface area contributed by atoms with Gasteiger partial charge in [0.1, 0.15) is 18.3 Å². The Morgan fingerprint density at radius 1 is 1.27 bits per heavy atom. The largest absolute Gasteiger partial charge is 0.466 e. The van der Waals surface area contributed by atoms with E-state index in [1.165, 1.54) is 42.3 Å². The number of methoxy groups -OCH3 is 1. The van der Waals surface area contributed by atoms with Gasteiger partial charge in [0.25, 0.3) is 11.5 Å². The molecule has 3 fully saturated rings. The van der Waals surface area contributed by atoms with Crippen LogP contribution in [0.2, 0.25) is 0 Å². The fraction of sp³-hybridized carbons (Fsp3) is 0.500. The lowest BCUT2D eigenvalue weighted by Gasteiger charge is -2.39. The van der Waals surface area contributed by atoms with Gasteiger partial charge < -0.3 is 29.7 Å². The number of hydrogen-bond donors (Lipinski definition) is 3. The molecule has 3 aliphatic rings. The summed E-state index contributed by atoms with van der Waals surface area (Å²) in [6.07, 6.45) is 9.93. The van der Waals surface area contributed by atoms with Crippen molar-refractivity contribution in [3.63, 3.8) is 0 Å². The van der Waals surface area contributed by atoms with Crippen LogP contribution in [0.25, 0.3) is 0 Å². The summed E-state index contributed by atoms with van der Waals surface area (Å²) in [6.45, 7) is 3.56. The number of fused-ring (bicyclic) bond motifs is 1. The lowest BCUT2D eigenvalue weighted by molar-refractivity contribution is -0.134. The van der Waals surface area contributed by atoms with Crippen LogP contribution in [0.1, 0.15) is 74.7 Å². The molecule has 0 saturated heterocycles. The zero-order valence-corrected chi connectivity index (χ0v) is 22.9. The second-order valence-corrected chi connectivity index (χ2v) is 10.7. The van der Waals surface area contributed by atoms with Gasteiger partial charge in [-0.05, 0) is 56.6 Å². The van der Waals surface area contributed by atoms with E-state index in [1.807, 2.05) is 13.8 Å². The molecule has 3 amide bonds. The van der Waals surface area contributed by atoms with Crippen molar-refractivity contribution in [2.45, 2.75) is 76.4 Å². The summed E-state index contributed by atoms with van der Waals surface area (Å²) in [7, 11) is 1.25. The number of allylic oxidation sites excluding steroid dienone is 1. The first-order chi connectivity index (χ1) is 19.1. The number of carbonyl (C=O) groups is 4. The van der Waals surface area contributed by atoms with Gasteiger partial charge in [0.2, 0.25) is 17.6 Å². The molecule has 40 heavy (non-hydrogen) atoms. The molecule has 3 saturated carbocycles. The average Bonchev–Trinajstić information content (AvgIpc) is 3.64. The number of pyridine rings is 1. The number of ether oxygens (including phenoxy) is 1. The van der Waals surface area contributed by atoms with Crippen molar-refractivity contribution in [3.8, 4) is 0 Å². The van der Waals surface area contributed by atoms with Crippen LogP contribution in [0.15, 0.2) is 45.9 Å². The molecule has 2 aromatic rings. The number of anilines is 1. The van der Waals surface area contributed by atoms with E-state index >= 15 is 0 Å². The lowest BCUT2D eigenvalue weighted by atomic mass is 9.77. The van der Waals surface area contributed by atoms with Gasteiger partial charge in [-0.2, -0.15) is 0 Å². The van der Waals surface area contributed by atoms with Crippen LogP contribution in [-0.4, -0.2) is 51.9 Å². The molecule has 0 aromatic carbocycles. The van der Waals surface area contributed by atoms with E-state index in [-0.39, 0.29) is 48.2 Å². The highest BCUT2D eigenvalue weighted by molar-refractivity contribution is 6.00. The Bertz CT molecular complexity index is 1350. The molecular formula is C28H35N5O7. The van der Waals surface area contributed by atoms with Crippen molar-refractivity contribution >= 4 is 29.4 Å². The van der Waals surface area contributed by atoms with Crippen molar-refractivity contribution in [1.82, 2.24) is 20.2 Å². The fourth-order valence-corrected chi connectivity index (χ4v) is 5.23. The van der Waals surface area contributed by atoms with Crippen molar-refractivity contribution < 1.29 is 28.3 Å². The number of esters is 1. The molecule has 3 aliphatic carbocycles. The summed E-state index contributed by atoms with van der Waals surface area (Å²) in [4.78, 5) is 67.2. The molecule has 214 valence electrons. The Labute approximate surface area is 231 Å². The quantitative estimate of drug-likeness (QED) is 0.266. The number of aromatic nitrogens is 2. The molecule has 1 unspecified atom stereocenters. The van der Waals surface area contributed by atoms with E-state index in [9.17, 15) is 24.0 Å². The standard InChI is InChI=1S/C28H35N5O7/c1-17(2)26-29-15-21(40-26)25(37)30-19(7-4-5-9-23(35)39-3)24(36)31-20-8-6-12-33(27(20)38)16-22(34)32-28-11-10-18(13-28)14-28/h5-6,8-9,12,15,17-19H,4,7,10-11,13-14,16H2,1-3H3,(H,30,37)(H,31,36)(H,32,34)/b9-5+. The number of carbonyl (C=O) groups excluding carboxylic acids is 4. The summed E-state index contributed by atoms with van der Waals surface area (Å²) in [5.74, 6) is -1.11. The van der Waals surface area contributed by atoms with Crippen LogP contribution in [0.3, 0.4) is 0 Å². The molecule has 0 spiro atoms. The fourth-order valence-electron chi connectivity index (χ4n) is 5.23. The van der Waals surface area contributed by atoms with E-state index in [4.69, 9.17) is 4.42 Å². The summed E-state index contributed by atoms with van der Waals surface area (Å²) in [5.41, 5.74) is -0.715. The average molecular weight is 554 g/mol. The Morgan fingerprint density at radius 3 is 2.70 bits per heavy atom. The van der Waals surface area contributed by atoms with E-state index in [1.54, 1.807) is 6.07 Å². The van der Waals surface area contributed by atoms with Gasteiger partial charge in [0.05, 0.1) is 13.3 Å². The molecular weight excluding hydrogens is 518 g/mol. The molecule has 5 rings (SSSR count). The second-order valence-electron chi connectivity index (χ2n) is 10.7. The first-order valence-corrected chi connectivity index (χ1v) is 13.4. The lowest BCUT2D eigenvalue weighted by Crippen LogP contribution is -2.53. The van der Waals surface area contributed by atoms with Crippen molar-refractivity contribution in [2.75, 3.05) is 12.4 Å². The maximum atomic E-state index is 13.2. The Hall–Kier alpha value is -4.22. The first kappa shape index (κ1) is 28.8. The third-order valence-corrected chi connectivity index (χ3v) is 7.33. The van der Waals surface area contributed by atoms with E-state index in [0.29, 0.717) is 11.8 Å². The van der Waals surface area contributed by atoms with Crippen LogP contribution in [-0.2, 0) is 25.7 Å². The highest BCUT2D eigenvalue weighted by atomic mass is 16.5. The minimum Gasteiger partial charge on any atom is -0.466 e. The van der Waals surface area contributed by atoms with E-state index in [2.05, 4.69) is 25.7 Å². The Morgan fingerprint density at radius 2 is 2.05 bits per heavy atom. The Balaban J connectivity index is 1.43. The number of nitrogens with one attached hydrogen (secondary N) is 3. The van der Waals surface area contributed by atoms with Crippen LogP contribution in [0.4, 0.5) is 5.69 Å². The van der Waals surface area contributed by atoms with Crippen LogP contribution in [0.5, 0.6) is 0 Å². The molecule has 12 nitrogen and oxygen atoms in total.